The van der Waals surface area contributed by atoms with Crippen LogP contribution < -0.4 is 0 Å². The Kier molecular flexibility index (Phi) is 3.43. The molecule has 0 spiro atoms. The zero-order valence-corrected chi connectivity index (χ0v) is 9.85. The molecule has 90 valence electrons. The van der Waals surface area contributed by atoms with Gasteiger partial charge in [0, 0.05) is 6.07 Å². The summed E-state index contributed by atoms with van der Waals surface area (Å²) in [6.07, 6.45) is 1.49. The van der Waals surface area contributed by atoms with Crippen molar-refractivity contribution in [2.45, 2.75) is 18.6 Å². The van der Waals surface area contributed by atoms with Gasteiger partial charge in [-0.15, -0.1) is 10.2 Å². The Balaban J connectivity index is 2.14. The Morgan fingerprint density at radius 2 is 2.41 bits per heavy atom. The topological polar surface area (TPSA) is 94.0 Å². The Bertz CT molecular complexity index is 508. The van der Waals surface area contributed by atoms with Crippen molar-refractivity contribution in [3.63, 3.8) is 0 Å². The summed E-state index contributed by atoms with van der Waals surface area (Å²) in [4.78, 5) is 10.5. The van der Waals surface area contributed by atoms with Crippen LogP contribution in [0.1, 0.15) is 11.5 Å². The van der Waals surface area contributed by atoms with Gasteiger partial charge >= 0.3 is 5.97 Å². The Morgan fingerprint density at radius 3 is 3.06 bits per heavy atom. The van der Waals surface area contributed by atoms with Gasteiger partial charge in [-0.1, -0.05) is 16.9 Å². The molecule has 0 bridgehead atoms. The summed E-state index contributed by atoms with van der Waals surface area (Å²) < 4.78 is 6.53. The van der Waals surface area contributed by atoms with E-state index in [9.17, 15) is 4.79 Å². The minimum Gasteiger partial charge on any atom is -0.481 e. The summed E-state index contributed by atoms with van der Waals surface area (Å²) >= 11 is 1.13. The lowest BCUT2D eigenvalue weighted by atomic mass is 10.4. The van der Waals surface area contributed by atoms with Crippen molar-refractivity contribution in [1.82, 2.24) is 19.9 Å². The molecule has 0 unspecified atom stereocenters. The molecule has 0 amide bonds. The van der Waals surface area contributed by atoms with Gasteiger partial charge in [0.05, 0.1) is 12.3 Å². The largest absolute Gasteiger partial charge is 0.481 e. The van der Waals surface area contributed by atoms with Crippen LogP contribution in [0.25, 0.3) is 0 Å². The summed E-state index contributed by atoms with van der Waals surface area (Å²) in [5, 5.41) is 20.8. The summed E-state index contributed by atoms with van der Waals surface area (Å²) in [6.45, 7) is 2.27. The van der Waals surface area contributed by atoms with E-state index in [0.717, 1.165) is 17.5 Å². The highest BCUT2D eigenvalue weighted by atomic mass is 32.2. The van der Waals surface area contributed by atoms with Crippen molar-refractivity contribution in [2.75, 3.05) is 5.75 Å². The molecule has 7 nitrogen and oxygen atoms in total. The van der Waals surface area contributed by atoms with Gasteiger partial charge in [0.1, 0.15) is 17.8 Å². The number of carboxylic acid groups (broad SMARTS) is 1. The van der Waals surface area contributed by atoms with E-state index in [2.05, 4.69) is 15.4 Å². The minimum absolute atomic E-state index is 0.0447. The fraction of sp³-hybridized carbons (Fsp3) is 0.333. The van der Waals surface area contributed by atoms with Crippen LogP contribution in [0.3, 0.4) is 0 Å². The van der Waals surface area contributed by atoms with Crippen molar-refractivity contribution in [3.8, 4) is 0 Å². The standard InChI is InChI=1S/C9H10N4O3S/c1-6-10-11-9(17-5-8(14)15)13(6)4-7-2-3-16-12-7/h2-3H,4-5H2,1H3,(H,14,15). The Hall–Kier alpha value is -1.83. The molecule has 0 aliphatic heterocycles. The van der Waals surface area contributed by atoms with Crippen molar-refractivity contribution in [2.24, 2.45) is 0 Å². The fourth-order valence-corrected chi connectivity index (χ4v) is 1.96. The second-order valence-electron chi connectivity index (χ2n) is 3.29. The molecular weight excluding hydrogens is 244 g/mol. The van der Waals surface area contributed by atoms with Gasteiger partial charge in [-0.3, -0.25) is 4.79 Å². The minimum atomic E-state index is -0.886. The van der Waals surface area contributed by atoms with Crippen LogP contribution in [0.5, 0.6) is 0 Å². The van der Waals surface area contributed by atoms with Crippen LogP contribution in [0.15, 0.2) is 22.0 Å². The fourth-order valence-electron chi connectivity index (χ4n) is 1.26. The first-order valence-corrected chi connectivity index (χ1v) is 5.79. The number of carboxylic acids is 1. The van der Waals surface area contributed by atoms with Crippen LogP contribution >= 0.6 is 11.8 Å². The summed E-state index contributed by atoms with van der Waals surface area (Å²) in [7, 11) is 0. The highest BCUT2D eigenvalue weighted by Crippen LogP contribution is 2.17. The quantitative estimate of drug-likeness (QED) is 0.788. The van der Waals surface area contributed by atoms with Crippen molar-refractivity contribution < 1.29 is 14.4 Å². The molecule has 8 heteroatoms. The molecule has 2 aromatic heterocycles. The molecule has 0 fully saturated rings. The highest BCUT2D eigenvalue weighted by molar-refractivity contribution is 7.99. The third-order valence-electron chi connectivity index (χ3n) is 2.04. The van der Waals surface area contributed by atoms with E-state index in [1.807, 2.05) is 0 Å². The van der Waals surface area contributed by atoms with Gasteiger partial charge in [0.25, 0.3) is 0 Å². The molecular formula is C9H10N4O3S. The third kappa shape index (κ3) is 2.84. The molecule has 2 rings (SSSR count). The average Bonchev–Trinajstić information content (AvgIpc) is 2.89. The van der Waals surface area contributed by atoms with E-state index in [-0.39, 0.29) is 5.75 Å². The average molecular weight is 254 g/mol. The maximum atomic E-state index is 10.5. The molecule has 2 aromatic rings. The normalized spacial score (nSPS) is 10.6. The van der Waals surface area contributed by atoms with Crippen LogP contribution in [0.4, 0.5) is 0 Å². The molecule has 0 aliphatic carbocycles. The maximum Gasteiger partial charge on any atom is 0.313 e. The Morgan fingerprint density at radius 1 is 1.59 bits per heavy atom. The molecule has 0 saturated heterocycles. The van der Waals surface area contributed by atoms with Crippen LogP contribution in [0, 0.1) is 6.92 Å². The van der Waals surface area contributed by atoms with Crippen LogP contribution in [-0.2, 0) is 11.3 Å². The van der Waals surface area contributed by atoms with Gasteiger partial charge in [-0.2, -0.15) is 0 Å². The van der Waals surface area contributed by atoms with Gasteiger partial charge in [-0.05, 0) is 6.92 Å². The van der Waals surface area contributed by atoms with Crippen molar-refractivity contribution in [1.29, 1.82) is 0 Å². The van der Waals surface area contributed by atoms with E-state index in [1.165, 1.54) is 6.26 Å². The number of rotatable bonds is 5. The van der Waals surface area contributed by atoms with Crippen molar-refractivity contribution >= 4 is 17.7 Å². The van der Waals surface area contributed by atoms with Crippen molar-refractivity contribution in [3.05, 3.63) is 23.8 Å². The number of aryl methyl sites for hydroxylation is 1. The molecule has 0 aliphatic rings. The lowest BCUT2D eigenvalue weighted by molar-refractivity contribution is -0.133. The number of carbonyl (C=O) groups is 1. The summed E-state index contributed by atoms with van der Waals surface area (Å²) in [5.41, 5.74) is 0.741. The summed E-state index contributed by atoms with van der Waals surface area (Å²) in [6, 6.07) is 1.74. The summed E-state index contributed by atoms with van der Waals surface area (Å²) in [5.74, 6) is -0.221. The lowest BCUT2D eigenvalue weighted by Crippen LogP contribution is -2.06. The monoisotopic (exact) mass is 254 g/mol. The number of nitrogens with zero attached hydrogens (tertiary/aromatic N) is 4. The smallest absolute Gasteiger partial charge is 0.313 e. The predicted octanol–water partition coefficient (Wildman–Crippen LogP) is 0.800. The number of hydrogen-bond donors (Lipinski definition) is 1. The first-order valence-electron chi connectivity index (χ1n) is 4.80. The number of thioether (sulfide) groups is 1. The first kappa shape index (κ1) is 11.6. The van der Waals surface area contributed by atoms with Gasteiger partial charge in [0.2, 0.25) is 0 Å². The molecule has 0 atom stereocenters. The third-order valence-corrected chi connectivity index (χ3v) is 2.99. The number of aliphatic carboxylic acids is 1. The maximum absolute atomic E-state index is 10.5. The van der Waals surface area contributed by atoms with E-state index in [0.29, 0.717) is 17.5 Å². The van der Waals surface area contributed by atoms with E-state index in [4.69, 9.17) is 9.63 Å². The second kappa shape index (κ2) is 5.00. The predicted molar refractivity (Wildman–Crippen MR) is 58.7 cm³/mol. The molecule has 17 heavy (non-hydrogen) atoms. The second-order valence-corrected chi connectivity index (χ2v) is 4.23. The van der Waals surface area contributed by atoms with E-state index < -0.39 is 5.97 Å². The number of hydrogen-bond acceptors (Lipinski definition) is 6. The molecule has 0 saturated carbocycles. The zero-order chi connectivity index (χ0) is 12.3. The first-order chi connectivity index (χ1) is 8.16. The molecule has 0 aromatic carbocycles. The molecule has 2 heterocycles. The van der Waals surface area contributed by atoms with Crippen LogP contribution in [-0.4, -0.2) is 36.7 Å². The van der Waals surface area contributed by atoms with Crippen LogP contribution in [0.2, 0.25) is 0 Å². The Labute approximate surface area is 101 Å². The van der Waals surface area contributed by atoms with Gasteiger partial charge < -0.3 is 14.2 Å². The zero-order valence-electron chi connectivity index (χ0n) is 9.03. The van der Waals surface area contributed by atoms with Gasteiger partial charge in [0.15, 0.2) is 5.16 Å². The van der Waals surface area contributed by atoms with Gasteiger partial charge in [-0.25, -0.2) is 0 Å². The lowest BCUT2D eigenvalue weighted by Gasteiger charge is -2.04. The molecule has 0 radical (unpaired) electrons. The molecule has 1 N–H and O–H groups in total. The van der Waals surface area contributed by atoms with E-state index in [1.54, 1.807) is 17.6 Å². The van der Waals surface area contributed by atoms with E-state index >= 15 is 0 Å². The number of aromatic nitrogens is 4. The SMILES string of the molecule is Cc1nnc(SCC(=O)O)n1Cc1ccon1. The highest BCUT2D eigenvalue weighted by Gasteiger charge is 2.12.